The van der Waals surface area contributed by atoms with Crippen LogP contribution in [0.2, 0.25) is 0 Å². The van der Waals surface area contributed by atoms with Crippen LogP contribution in [0.25, 0.3) is 0 Å². The molecule has 0 aromatic heterocycles. The number of hydrogen-bond acceptors (Lipinski definition) is 6. The monoisotopic (exact) mass is 983 g/mol. The first-order valence-electron chi connectivity index (χ1n) is 31.0. The summed E-state index contributed by atoms with van der Waals surface area (Å²) in [5, 5.41) is 0. The van der Waals surface area contributed by atoms with Gasteiger partial charge in [-0.05, 0) is 77.0 Å². The van der Waals surface area contributed by atoms with Crippen LogP contribution >= 0.6 is 0 Å². The summed E-state index contributed by atoms with van der Waals surface area (Å²) in [4.78, 5) is 38.2. The predicted molar refractivity (Wildman–Crippen MR) is 302 cm³/mol. The van der Waals surface area contributed by atoms with E-state index in [2.05, 4.69) is 57.2 Å². The van der Waals surface area contributed by atoms with Crippen molar-refractivity contribution in [2.45, 2.75) is 341 Å². The van der Waals surface area contributed by atoms with Crippen molar-refractivity contribution in [3.63, 3.8) is 0 Å². The standard InChI is InChI=1S/C64H118O6/c1-4-7-10-13-16-19-22-25-27-29-30-31-32-33-35-36-39-42-45-48-51-54-57-63(66)69-60-61(59-68-62(65)56-53-50-47-44-41-38-24-21-18-15-12-9-6-3)70-64(67)58-55-52-49-46-43-40-37-34-28-26-23-20-17-14-11-8-5-2/h17,20-21,24,26,28,61H,4-16,18-19,22-23,25,27,29-60H2,1-3H3/b20-17-,24-21-,28-26-. The van der Waals surface area contributed by atoms with E-state index in [1.807, 2.05) is 0 Å². The number of carbonyl (C=O) groups is 3. The fraction of sp³-hybridized carbons (Fsp3) is 0.859. The van der Waals surface area contributed by atoms with E-state index >= 15 is 0 Å². The quantitative estimate of drug-likeness (QED) is 0.0261. The maximum absolute atomic E-state index is 12.9. The minimum Gasteiger partial charge on any atom is -0.462 e. The van der Waals surface area contributed by atoms with Crippen molar-refractivity contribution in [2.24, 2.45) is 0 Å². The summed E-state index contributed by atoms with van der Waals surface area (Å²) in [6, 6.07) is 0. The molecule has 0 radical (unpaired) electrons. The molecule has 0 saturated heterocycles. The number of ether oxygens (including phenoxy) is 3. The van der Waals surface area contributed by atoms with E-state index in [0.29, 0.717) is 19.3 Å². The molecule has 0 fully saturated rings. The van der Waals surface area contributed by atoms with E-state index in [9.17, 15) is 14.4 Å². The molecule has 0 saturated carbocycles. The van der Waals surface area contributed by atoms with E-state index in [1.54, 1.807) is 0 Å². The Hall–Kier alpha value is -2.37. The molecular weight excluding hydrogens is 865 g/mol. The van der Waals surface area contributed by atoms with Gasteiger partial charge in [0, 0.05) is 19.3 Å². The molecule has 70 heavy (non-hydrogen) atoms. The van der Waals surface area contributed by atoms with Crippen LogP contribution in [0.15, 0.2) is 36.5 Å². The van der Waals surface area contributed by atoms with Gasteiger partial charge in [0.25, 0.3) is 0 Å². The zero-order chi connectivity index (χ0) is 50.7. The number of unbranched alkanes of at least 4 members (excludes halogenated alkanes) is 40. The molecule has 0 N–H and O–H groups in total. The summed E-state index contributed by atoms with van der Waals surface area (Å²) >= 11 is 0. The van der Waals surface area contributed by atoms with Gasteiger partial charge in [-0.15, -0.1) is 0 Å². The lowest BCUT2D eigenvalue weighted by Gasteiger charge is -2.18. The van der Waals surface area contributed by atoms with E-state index in [4.69, 9.17) is 14.2 Å². The van der Waals surface area contributed by atoms with Crippen molar-refractivity contribution in [1.29, 1.82) is 0 Å². The highest BCUT2D eigenvalue weighted by Gasteiger charge is 2.19. The second-order valence-electron chi connectivity index (χ2n) is 21.0. The third-order valence-corrected chi connectivity index (χ3v) is 13.9. The van der Waals surface area contributed by atoms with Crippen LogP contribution in [-0.2, 0) is 28.6 Å². The zero-order valence-electron chi connectivity index (χ0n) is 47.1. The lowest BCUT2D eigenvalue weighted by molar-refractivity contribution is -0.167. The molecule has 410 valence electrons. The van der Waals surface area contributed by atoms with Gasteiger partial charge in [-0.25, -0.2) is 0 Å². The Morgan fingerprint density at radius 2 is 0.514 bits per heavy atom. The SMILES string of the molecule is CCCCC/C=C\C/C=C\CCCCCCCCCC(=O)OC(COC(=O)CCCCCCC/C=C\CCCCCC)COC(=O)CCCCCCCCCCCCCCCCCCCCCCCC. The first-order valence-corrected chi connectivity index (χ1v) is 31.0. The molecule has 0 spiro atoms. The Morgan fingerprint density at radius 3 is 0.843 bits per heavy atom. The molecule has 0 bridgehead atoms. The van der Waals surface area contributed by atoms with Gasteiger partial charge >= 0.3 is 17.9 Å². The van der Waals surface area contributed by atoms with Gasteiger partial charge < -0.3 is 14.2 Å². The molecule has 1 atom stereocenters. The highest BCUT2D eigenvalue weighted by molar-refractivity contribution is 5.71. The molecule has 0 aliphatic rings. The van der Waals surface area contributed by atoms with E-state index < -0.39 is 6.10 Å². The largest absolute Gasteiger partial charge is 0.462 e. The molecular formula is C64H118O6. The Bertz CT molecular complexity index is 1170. The zero-order valence-corrected chi connectivity index (χ0v) is 47.1. The molecule has 0 amide bonds. The van der Waals surface area contributed by atoms with Gasteiger partial charge in [0.2, 0.25) is 0 Å². The molecule has 1 unspecified atom stereocenters. The number of esters is 3. The smallest absolute Gasteiger partial charge is 0.306 e. The van der Waals surface area contributed by atoms with Gasteiger partial charge in [0.1, 0.15) is 13.2 Å². The lowest BCUT2D eigenvalue weighted by atomic mass is 10.0. The van der Waals surface area contributed by atoms with Crippen molar-refractivity contribution >= 4 is 17.9 Å². The Labute approximate surface area is 435 Å². The molecule has 0 aliphatic heterocycles. The van der Waals surface area contributed by atoms with Crippen molar-refractivity contribution in [1.82, 2.24) is 0 Å². The maximum Gasteiger partial charge on any atom is 0.306 e. The number of allylic oxidation sites excluding steroid dienone is 6. The molecule has 0 aromatic carbocycles. The highest BCUT2D eigenvalue weighted by atomic mass is 16.6. The average molecular weight is 984 g/mol. The number of hydrogen-bond donors (Lipinski definition) is 0. The third-order valence-electron chi connectivity index (χ3n) is 13.9. The normalized spacial score (nSPS) is 12.2. The summed E-state index contributed by atoms with van der Waals surface area (Å²) in [5.41, 5.74) is 0. The van der Waals surface area contributed by atoms with E-state index in [0.717, 1.165) is 77.0 Å². The minimum atomic E-state index is -0.777. The lowest BCUT2D eigenvalue weighted by Crippen LogP contribution is -2.30. The number of carbonyl (C=O) groups excluding carboxylic acids is 3. The van der Waals surface area contributed by atoms with Gasteiger partial charge in [-0.2, -0.15) is 0 Å². The van der Waals surface area contributed by atoms with Crippen LogP contribution in [0.3, 0.4) is 0 Å². The summed E-state index contributed by atoms with van der Waals surface area (Å²) in [6.07, 6.45) is 71.4. The van der Waals surface area contributed by atoms with Gasteiger partial charge in [0.05, 0.1) is 0 Å². The van der Waals surface area contributed by atoms with Crippen LogP contribution in [0.4, 0.5) is 0 Å². The topological polar surface area (TPSA) is 78.9 Å². The summed E-state index contributed by atoms with van der Waals surface area (Å²) in [7, 11) is 0. The second kappa shape index (κ2) is 59.2. The molecule has 0 aliphatic carbocycles. The summed E-state index contributed by atoms with van der Waals surface area (Å²) in [5.74, 6) is -0.871. The Morgan fingerprint density at radius 1 is 0.286 bits per heavy atom. The molecule has 0 rings (SSSR count). The van der Waals surface area contributed by atoms with Crippen molar-refractivity contribution in [3.05, 3.63) is 36.5 Å². The Balaban J connectivity index is 4.29. The first kappa shape index (κ1) is 67.6. The maximum atomic E-state index is 12.9. The minimum absolute atomic E-state index is 0.0741. The van der Waals surface area contributed by atoms with Crippen LogP contribution < -0.4 is 0 Å². The van der Waals surface area contributed by atoms with Crippen LogP contribution in [-0.4, -0.2) is 37.2 Å². The molecule has 0 heterocycles. The third kappa shape index (κ3) is 56.5. The van der Waals surface area contributed by atoms with E-state index in [-0.39, 0.29) is 31.1 Å². The summed E-state index contributed by atoms with van der Waals surface area (Å²) in [6.45, 7) is 6.64. The fourth-order valence-corrected chi connectivity index (χ4v) is 9.18. The van der Waals surface area contributed by atoms with Crippen LogP contribution in [0.5, 0.6) is 0 Å². The average Bonchev–Trinajstić information content (AvgIpc) is 3.36. The molecule has 0 aromatic rings. The molecule has 6 nitrogen and oxygen atoms in total. The fourth-order valence-electron chi connectivity index (χ4n) is 9.18. The van der Waals surface area contributed by atoms with Crippen LogP contribution in [0.1, 0.15) is 335 Å². The Kier molecular flexibility index (Phi) is 57.2. The second-order valence-corrected chi connectivity index (χ2v) is 21.0. The van der Waals surface area contributed by atoms with Crippen molar-refractivity contribution in [2.75, 3.05) is 13.2 Å². The number of rotatable bonds is 57. The van der Waals surface area contributed by atoms with Crippen LogP contribution in [0, 0.1) is 0 Å². The van der Waals surface area contributed by atoms with Crippen molar-refractivity contribution in [3.8, 4) is 0 Å². The van der Waals surface area contributed by atoms with Gasteiger partial charge in [-0.3, -0.25) is 14.4 Å². The molecule has 6 heteroatoms. The first-order chi connectivity index (χ1) is 34.5. The van der Waals surface area contributed by atoms with Crippen molar-refractivity contribution < 1.29 is 28.6 Å². The van der Waals surface area contributed by atoms with Gasteiger partial charge in [0.15, 0.2) is 6.10 Å². The van der Waals surface area contributed by atoms with E-state index in [1.165, 1.54) is 218 Å². The summed E-state index contributed by atoms with van der Waals surface area (Å²) < 4.78 is 16.9. The highest BCUT2D eigenvalue weighted by Crippen LogP contribution is 2.17. The predicted octanol–water partition coefficient (Wildman–Crippen LogP) is 20.8. The van der Waals surface area contributed by atoms with Gasteiger partial charge in [-0.1, -0.05) is 276 Å².